The van der Waals surface area contributed by atoms with Crippen LogP contribution in [-0.2, 0) is 24.6 Å². The van der Waals surface area contributed by atoms with Gasteiger partial charge in [0.2, 0.25) is 11.8 Å². The fourth-order valence-corrected chi connectivity index (χ4v) is 9.37. The molecular formula is C44H52N8O7. The number of likely N-dealkylation sites (tertiary alicyclic amines) is 2. The molecule has 1 aliphatic carbocycles. The number of methoxy groups -OCH3 is 2. The van der Waals surface area contributed by atoms with Crippen LogP contribution in [0.5, 0.6) is 0 Å². The summed E-state index contributed by atoms with van der Waals surface area (Å²) in [5.41, 5.74) is 5.61. The number of hydrogen-bond donors (Lipinski definition) is 4. The fourth-order valence-electron chi connectivity index (χ4n) is 9.37. The first-order valence-corrected chi connectivity index (χ1v) is 20.4. The van der Waals surface area contributed by atoms with Gasteiger partial charge in [0, 0.05) is 24.0 Å². The maximum atomic E-state index is 14.0. The zero-order chi connectivity index (χ0) is 41.6. The number of carbonyl (C=O) groups is 4. The maximum absolute atomic E-state index is 14.0. The van der Waals surface area contributed by atoms with Crippen LogP contribution in [0.25, 0.3) is 44.6 Å². The number of aromatic nitrogens is 4. The molecule has 15 nitrogen and oxygen atoms in total. The number of carbonyl (C=O) groups excluding carboxylic acids is 4. The van der Waals surface area contributed by atoms with E-state index in [0.717, 1.165) is 82.5 Å². The Labute approximate surface area is 342 Å². The third-order valence-corrected chi connectivity index (χ3v) is 12.5. The standard InChI is InChI=1S/C44H52N8O7/c1-24(2)35(49-42(55)57-5)39(53)51-18-7-8-34(51)38-45-21-32(47-38)28-11-9-27(10-12-28)29-13-14-31(37-30(29)16-19-59-37)33-22-46-41(48-33)44-17-15-26(20-44)23-52(44)40(54)36(25(3)4)50-43(56)58-6/h9-14,16,19,21-22,24-26,34-36H,7-8,15,17-18,20,23H2,1-6H3,(H,45,47)(H,46,48)(H,49,55)(H,50,56)/t26?,34-,35-,36+,44?/m0/s1. The van der Waals surface area contributed by atoms with E-state index in [0.29, 0.717) is 24.8 Å². The SMILES string of the molecule is COC(=O)N[C@H](C(=O)N1CCC[C@H]1c1ncc(-c2ccc(-c3ccc(-c4cnc(C56CCC(CN5C(=O)[C@H](NC(=O)OC)C(C)C)C6)[nH]4)c4occc34)cc2)[nH]1)C(C)C. The van der Waals surface area contributed by atoms with Gasteiger partial charge in [-0.2, -0.15) is 0 Å². The van der Waals surface area contributed by atoms with Crippen LogP contribution in [0.2, 0.25) is 0 Å². The van der Waals surface area contributed by atoms with E-state index in [-0.39, 0.29) is 29.7 Å². The van der Waals surface area contributed by atoms with Gasteiger partial charge in [-0.25, -0.2) is 19.6 Å². The van der Waals surface area contributed by atoms with E-state index in [1.807, 2.05) is 63.1 Å². The lowest BCUT2D eigenvalue weighted by Gasteiger charge is -2.40. The van der Waals surface area contributed by atoms with Gasteiger partial charge in [0.1, 0.15) is 34.9 Å². The van der Waals surface area contributed by atoms with Crippen LogP contribution < -0.4 is 10.6 Å². The molecule has 2 aromatic carbocycles. The van der Waals surface area contributed by atoms with Crippen molar-refractivity contribution in [2.75, 3.05) is 27.3 Å². The first-order valence-electron chi connectivity index (χ1n) is 20.4. The van der Waals surface area contributed by atoms with Gasteiger partial charge in [0.05, 0.1) is 50.3 Å². The van der Waals surface area contributed by atoms with Crippen molar-refractivity contribution in [3.63, 3.8) is 0 Å². The van der Waals surface area contributed by atoms with Gasteiger partial charge in [-0.3, -0.25) is 9.59 Å². The molecule has 0 spiro atoms. The average molecular weight is 805 g/mol. The number of H-pyrrole nitrogens is 2. The van der Waals surface area contributed by atoms with Crippen molar-refractivity contribution in [2.24, 2.45) is 17.8 Å². The zero-order valence-electron chi connectivity index (χ0n) is 34.3. The highest BCUT2D eigenvalue weighted by atomic mass is 16.5. The Hall–Kier alpha value is -6.12. The molecule has 4 amide bonds. The van der Waals surface area contributed by atoms with E-state index < -0.39 is 29.8 Å². The molecule has 0 radical (unpaired) electrons. The molecule has 15 heteroatoms. The molecule has 310 valence electrons. The molecule has 5 atom stereocenters. The van der Waals surface area contributed by atoms with Gasteiger partial charge >= 0.3 is 12.2 Å². The summed E-state index contributed by atoms with van der Waals surface area (Å²) in [6.07, 6.45) is 8.27. The predicted octanol–water partition coefficient (Wildman–Crippen LogP) is 7.14. The first-order chi connectivity index (χ1) is 28.4. The molecule has 5 aromatic rings. The van der Waals surface area contributed by atoms with Crippen LogP contribution >= 0.6 is 0 Å². The minimum atomic E-state index is -0.712. The lowest BCUT2D eigenvalue weighted by atomic mass is 9.93. The Bertz CT molecular complexity index is 2360. The van der Waals surface area contributed by atoms with Crippen molar-refractivity contribution in [1.29, 1.82) is 0 Å². The molecule has 2 bridgehead atoms. The molecule has 2 aliphatic heterocycles. The Morgan fingerprint density at radius 2 is 1.47 bits per heavy atom. The highest BCUT2D eigenvalue weighted by molar-refractivity contribution is 6.01. The number of imidazole rings is 2. The van der Waals surface area contributed by atoms with E-state index >= 15 is 0 Å². The second-order valence-corrected chi connectivity index (χ2v) is 16.7. The molecule has 8 rings (SSSR count). The number of benzene rings is 2. The highest BCUT2D eigenvalue weighted by Gasteiger charge is 2.56. The Kier molecular flexibility index (Phi) is 10.7. The van der Waals surface area contributed by atoms with Gasteiger partial charge in [0.25, 0.3) is 0 Å². The van der Waals surface area contributed by atoms with Crippen LogP contribution in [0.3, 0.4) is 0 Å². The summed E-state index contributed by atoms with van der Waals surface area (Å²) >= 11 is 0. The van der Waals surface area contributed by atoms with E-state index in [1.165, 1.54) is 14.2 Å². The summed E-state index contributed by atoms with van der Waals surface area (Å²) in [6.45, 7) is 8.84. The number of ether oxygens (including phenoxy) is 2. The molecule has 3 aliphatic rings. The third-order valence-electron chi connectivity index (χ3n) is 12.5. The average Bonchev–Trinajstić information content (AvgIpc) is 4.10. The van der Waals surface area contributed by atoms with Crippen molar-refractivity contribution >= 4 is 35.0 Å². The lowest BCUT2D eigenvalue weighted by molar-refractivity contribution is -0.140. The minimum Gasteiger partial charge on any atom is -0.464 e. The number of fused-ring (bicyclic) bond motifs is 3. The van der Waals surface area contributed by atoms with Crippen molar-refractivity contribution in [3.8, 4) is 33.6 Å². The van der Waals surface area contributed by atoms with Gasteiger partial charge in [-0.1, -0.05) is 58.0 Å². The van der Waals surface area contributed by atoms with Crippen molar-refractivity contribution in [1.82, 2.24) is 40.4 Å². The number of aromatic amines is 2. The first kappa shape index (κ1) is 39.7. The van der Waals surface area contributed by atoms with E-state index in [9.17, 15) is 19.2 Å². The quantitative estimate of drug-likeness (QED) is 0.108. The third kappa shape index (κ3) is 7.20. The summed E-state index contributed by atoms with van der Waals surface area (Å²) < 4.78 is 15.7. The predicted molar refractivity (Wildman–Crippen MR) is 220 cm³/mol. The van der Waals surface area contributed by atoms with Gasteiger partial charge in [-0.15, -0.1) is 0 Å². The van der Waals surface area contributed by atoms with Crippen molar-refractivity contribution in [3.05, 3.63) is 72.8 Å². The molecular weight excluding hydrogens is 753 g/mol. The second-order valence-electron chi connectivity index (χ2n) is 16.7. The number of rotatable bonds is 11. The Morgan fingerprint density at radius 3 is 2.15 bits per heavy atom. The lowest BCUT2D eigenvalue weighted by Crippen LogP contribution is -2.56. The largest absolute Gasteiger partial charge is 0.464 e. The molecule has 59 heavy (non-hydrogen) atoms. The molecule has 2 unspecified atom stereocenters. The van der Waals surface area contributed by atoms with Crippen molar-refractivity contribution < 1.29 is 33.1 Å². The zero-order valence-corrected chi connectivity index (χ0v) is 34.3. The number of piperidine rings is 1. The molecule has 5 heterocycles. The van der Waals surface area contributed by atoms with E-state index in [4.69, 9.17) is 23.9 Å². The van der Waals surface area contributed by atoms with Gasteiger partial charge in [0.15, 0.2) is 0 Å². The molecule has 2 saturated heterocycles. The number of nitrogens with one attached hydrogen (secondary N) is 4. The fraction of sp³-hybridized carbons (Fsp3) is 0.455. The van der Waals surface area contributed by atoms with Gasteiger partial charge < -0.3 is 44.3 Å². The number of hydrogen-bond acceptors (Lipinski definition) is 9. The molecule has 1 saturated carbocycles. The van der Waals surface area contributed by atoms with Gasteiger partial charge in [-0.05, 0) is 78.7 Å². The summed E-state index contributed by atoms with van der Waals surface area (Å²) in [4.78, 5) is 72.1. The second kappa shape index (κ2) is 15.9. The van der Waals surface area contributed by atoms with Crippen LogP contribution in [0.1, 0.15) is 77.5 Å². The molecule has 3 aromatic heterocycles. The topological polar surface area (TPSA) is 188 Å². The summed E-state index contributed by atoms with van der Waals surface area (Å²) in [6, 6.07) is 12.7. The van der Waals surface area contributed by atoms with E-state index in [1.54, 1.807) is 17.4 Å². The highest BCUT2D eigenvalue weighted by Crippen LogP contribution is 2.53. The number of alkyl carbamates (subject to hydrolysis) is 2. The van der Waals surface area contributed by atoms with Crippen LogP contribution in [0.15, 0.2) is 65.5 Å². The Balaban J connectivity index is 1.01. The van der Waals surface area contributed by atoms with Crippen molar-refractivity contribution in [2.45, 2.75) is 83.5 Å². The summed E-state index contributed by atoms with van der Waals surface area (Å²) in [5.74, 6) is 1.31. The number of furan rings is 1. The minimum absolute atomic E-state index is 0.115. The van der Waals surface area contributed by atoms with Crippen LogP contribution in [0.4, 0.5) is 9.59 Å². The normalized spacial score (nSPS) is 21.0. The van der Waals surface area contributed by atoms with Crippen LogP contribution in [-0.4, -0.2) is 93.1 Å². The number of amides is 4. The summed E-state index contributed by atoms with van der Waals surface area (Å²) in [5, 5.41) is 6.40. The summed E-state index contributed by atoms with van der Waals surface area (Å²) in [7, 11) is 2.59. The Morgan fingerprint density at radius 1 is 0.814 bits per heavy atom. The van der Waals surface area contributed by atoms with Crippen LogP contribution in [0, 0.1) is 17.8 Å². The van der Waals surface area contributed by atoms with E-state index in [2.05, 4.69) is 38.8 Å². The smallest absolute Gasteiger partial charge is 0.407 e. The monoisotopic (exact) mass is 804 g/mol. The maximum Gasteiger partial charge on any atom is 0.407 e. The molecule has 3 fully saturated rings. The molecule has 4 N–H and O–H groups in total. The number of nitrogens with zero attached hydrogens (tertiary/aromatic N) is 4.